The number of benzene rings is 1. The van der Waals surface area contributed by atoms with Gasteiger partial charge in [-0.2, -0.15) is 4.98 Å². The molecule has 1 N–H and O–H groups in total. The van der Waals surface area contributed by atoms with Gasteiger partial charge in [0.25, 0.3) is 6.01 Å². The van der Waals surface area contributed by atoms with Gasteiger partial charge in [-0.05, 0) is 37.8 Å². The van der Waals surface area contributed by atoms with E-state index in [9.17, 15) is 9.90 Å². The van der Waals surface area contributed by atoms with Gasteiger partial charge in [-0.3, -0.25) is 4.90 Å². The molecule has 1 aromatic carbocycles. The Labute approximate surface area is 160 Å². The lowest BCUT2D eigenvalue weighted by Crippen LogP contribution is -2.62. The summed E-state index contributed by atoms with van der Waals surface area (Å²) >= 11 is 1.57. The number of nitrogens with zero attached hydrogens (tertiary/aromatic N) is 4. The molecule has 0 spiro atoms. The number of hydrogen-bond acceptors (Lipinski definition) is 6. The first-order chi connectivity index (χ1) is 13.1. The second-order valence-electron chi connectivity index (χ2n) is 7.27. The summed E-state index contributed by atoms with van der Waals surface area (Å²) in [5.74, 6) is 0. The van der Waals surface area contributed by atoms with Crippen LogP contribution < -0.4 is 4.90 Å². The number of hydrogen-bond donors (Lipinski definition) is 1. The summed E-state index contributed by atoms with van der Waals surface area (Å²) in [5.41, 5.74) is 3.62. The fourth-order valence-electron chi connectivity index (χ4n) is 4.36. The van der Waals surface area contributed by atoms with Crippen LogP contribution in [-0.4, -0.2) is 51.2 Å². The number of aryl methyl sites for hydroxylation is 1. The maximum Gasteiger partial charge on any atom is 0.407 e. The predicted octanol–water partition coefficient (Wildman–Crippen LogP) is 3.98. The van der Waals surface area contributed by atoms with Crippen molar-refractivity contribution in [1.82, 2.24) is 14.9 Å². The molecule has 2 unspecified atom stereocenters. The molecule has 140 valence electrons. The van der Waals surface area contributed by atoms with Crippen molar-refractivity contribution in [2.45, 2.75) is 38.3 Å². The summed E-state index contributed by atoms with van der Waals surface area (Å²) in [6, 6.07) is 4.67. The topological polar surface area (TPSA) is 82.7 Å². The molecule has 2 bridgehead atoms. The first-order valence-corrected chi connectivity index (χ1v) is 10.1. The summed E-state index contributed by atoms with van der Waals surface area (Å²) in [7, 11) is 0. The van der Waals surface area contributed by atoms with Crippen molar-refractivity contribution in [3.8, 4) is 10.6 Å². The third-order valence-corrected chi connectivity index (χ3v) is 6.42. The summed E-state index contributed by atoms with van der Waals surface area (Å²) in [6.45, 7) is 3.28. The van der Waals surface area contributed by atoms with Gasteiger partial charge in [0.2, 0.25) is 0 Å². The zero-order valence-corrected chi connectivity index (χ0v) is 15.8. The SMILES string of the molecule is Cc1ccc(-c2nccs2)c2oc(N3CC4CCCC(C3)N4C(=O)O)nc12. The molecule has 0 aliphatic carbocycles. The number of anilines is 1. The van der Waals surface area contributed by atoms with Crippen molar-refractivity contribution in [2.24, 2.45) is 0 Å². The second kappa shape index (κ2) is 6.23. The number of fused-ring (bicyclic) bond motifs is 3. The van der Waals surface area contributed by atoms with Gasteiger partial charge in [-0.25, -0.2) is 9.78 Å². The number of piperidine rings is 1. The Hall–Kier alpha value is -2.61. The molecule has 0 saturated carbocycles. The third-order valence-electron chi connectivity index (χ3n) is 5.61. The van der Waals surface area contributed by atoms with Crippen LogP contribution in [0.2, 0.25) is 0 Å². The van der Waals surface area contributed by atoms with Crippen LogP contribution in [-0.2, 0) is 0 Å². The van der Waals surface area contributed by atoms with E-state index in [1.807, 2.05) is 24.4 Å². The van der Waals surface area contributed by atoms with Crippen LogP contribution in [0.5, 0.6) is 0 Å². The summed E-state index contributed by atoms with van der Waals surface area (Å²) < 4.78 is 6.22. The number of piperazine rings is 1. The largest absolute Gasteiger partial charge is 0.465 e. The zero-order valence-electron chi connectivity index (χ0n) is 15.0. The lowest BCUT2D eigenvalue weighted by molar-refractivity contribution is 0.0593. The first-order valence-electron chi connectivity index (χ1n) is 9.18. The molecular weight excluding hydrogens is 364 g/mol. The van der Waals surface area contributed by atoms with Crippen molar-refractivity contribution < 1.29 is 14.3 Å². The third kappa shape index (κ3) is 2.66. The number of aromatic nitrogens is 2. The van der Waals surface area contributed by atoms with Crippen LogP contribution in [0.4, 0.5) is 10.8 Å². The van der Waals surface area contributed by atoms with Crippen LogP contribution >= 0.6 is 11.3 Å². The normalized spacial score (nSPS) is 22.4. The Morgan fingerprint density at radius 1 is 1.30 bits per heavy atom. The van der Waals surface area contributed by atoms with Crippen LogP contribution in [0.15, 0.2) is 28.1 Å². The van der Waals surface area contributed by atoms with Crippen molar-refractivity contribution >= 4 is 34.5 Å². The van der Waals surface area contributed by atoms with Crippen LogP contribution in [0.3, 0.4) is 0 Å². The summed E-state index contributed by atoms with van der Waals surface area (Å²) in [5, 5.41) is 12.4. The van der Waals surface area contributed by atoms with Crippen molar-refractivity contribution in [3.05, 3.63) is 29.3 Å². The quantitative estimate of drug-likeness (QED) is 0.720. The Morgan fingerprint density at radius 2 is 2.07 bits per heavy atom. The minimum absolute atomic E-state index is 0.00421. The molecule has 2 atom stereocenters. The smallest absolute Gasteiger partial charge is 0.407 e. The number of carboxylic acid groups (broad SMARTS) is 1. The molecule has 2 fully saturated rings. The minimum Gasteiger partial charge on any atom is -0.465 e. The highest BCUT2D eigenvalue weighted by Crippen LogP contribution is 2.37. The van der Waals surface area contributed by atoms with Gasteiger partial charge in [0, 0.05) is 24.7 Å². The standard InChI is InChI=1S/C19H20N4O3S/c1-11-5-6-14(17-20-7-8-27-17)16-15(11)21-18(26-16)22-9-12-3-2-4-13(10-22)23(12)19(24)25/h5-8,12-13H,2-4,9-10H2,1H3,(H,24,25). The number of amides is 1. The second-order valence-corrected chi connectivity index (χ2v) is 8.17. The molecule has 4 heterocycles. The van der Waals surface area contributed by atoms with Gasteiger partial charge < -0.3 is 14.4 Å². The molecule has 2 aliphatic heterocycles. The molecule has 3 aromatic rings. The molecule has 27 heavy (non-hydrogen) atoms. The summed E-state index contributed by atoms with van der Waals surface area (Å²) in [4.78, 5) is 24.6. The van der Waals surface area contributed by atoms with Gasteiger partial charge in [0.15, 0.2) is 5.58 Å². The van der Waals surface area contributed by atoms with E-state index in [1.165, 1.54) is 0 Å². The van der Waals surface area contributed by atoms with Crippen LogP contribution in [0.25, 0.3) is 21.7 Å². The van der Waals surface area contributed by atoms with E-state index in [4.69, 9.17) is 9.40 Å². The van der Waals surface area contributed by atoms with Gasteiger partial charge in [0.05, 0.1) is 17.6 Å². The Morgan fingerprint density at radius 3 is 2.74 bits per heavy atom. The van der Waals surface area contributed by atoms with Crippen molar-refractivity contribution in [2.75, 3.05) is 18.0 Å². The Balaban J connectivity index is 1.54. The molecule has 5 rings (SSSR count). The van der Waals surface area contributed by atoms with Gasteiger partial charge in [0.1, 0.15) is 10.5 Å². The summed E-state index contributed by atoms with van der Waals surface area (Å²) in [6.07, 6.45) is 3.83. The van der Waals surface area contributed by atoms with Gasteiger partial charge in [-0.1, -0.05) is 6.07 Å². The molecule has 7 nitrogen and oxygen atoms in total. The molecule has 0 radical (unpaired) electrons. The lowest BCUT2D eigenvalue weighted by Gasteiger charge is -2.48. The van der Waals surface area contributed by atoms with E-state index in [0.717, 1.165) is 46.5 Å². The van der Waals surface area contributed by atoms with Crippen LogP contribution in [0, 0.1) is 6.92 Å². The average Bonchev–Trinajstić information content (AvgIpc) is 3.31. The number of carbonyl (C=O) groups is 1. The molecule has 1 amide bonds. The highest BCUT2D eigenvalue weighted by molar-refractivity contribution is 7.13. The van der Waals surface area contributed by atoms with E-state index in [1.54, 1.807) is 22.4 Å². The first kappa shape index (κ1) is 16.6. The Kier molecular flexibility index (Phi) is 3.82. The van der Waals surface area contributed by atoms with Crippen LogP contribution in [0.1, 0.15) is 24.8 Å². The maximum atomic E-state index is 11.6. The van der Waals surface area contributed by atoms with E-state index >= 15 is 0 Å². The fraction of sp³-hybridized carbons (Fsp3) is 0.421. The molecule has 8 heteroatoms. The number of rotatable bonds is 2. The van der Waals surface area contributed by atoms with E-state index in [0.29, 0.717) is 19.1 Å². The molecule has 2 aliphatic rings. The number of oxazole rings is 1. The average molecular weight is 384 g/mol. The van der Waals surface area contributed by atoms with Crippen molar-refractivity contribution in [1.29, 1.82) is 0 Å². The van der Waals surface area contributed by atoms with Gasteiger partial charge in [-0.15, -0.1) is 11.3 Å². The highest BCUT2D eigenvalue weighted by atomic mass is 32.1. The molecule has 2 aromatic heterocycles. The van der Waals surface area contributed by atoms with Gasteiger partial charge >= 0.3 is 6.09 Å². The Bertz CT molecular complexity index is 986. The van der Waals surface area contributed by atoms with E-state index in [2.05, 4.69) is 9.88 Å². The highest BCUT2D eigenvalue weighted by Gasteiger charge is 2.41. The molecule has 2 saturated heterocycles. The monoisotopic (exact) mass is 384 g/mol. The number of thiazole rings is 1. The predicted molar refractivity (Wildman–Crippen MR) is 103 cm³/mol. The minimum atomic E-state index is -0.816. The van der Waals surface area contributed by atoms with E-state index < -0.39 is 6.09 Å². The lowest BCUT2D eigenvalue weighted by atomic mass is 9.92. The molecular formula is C19H20N4O3S. The maximum absolute atomic E-state index is 11.6. The van der Waals surface area contributed by atoms with Crippen molar-refractivity contribution in [3.63, 3.8) is 0 Å². The zero-order chi connectivity index (χ0) is 18.5. The van der Waals surface area contributed by atoms with E-state index in [-0.39, 0.29) is 12.1 Å². The fourth-order valence-corrected chi connectivity index (χ4v) is 5.02.